The van der Waals surface area contributed by atoms with E-state index >= 15 is 0 Å². The molecule has 0 bridgehead atoms. The van der Waals surface area contributed by atoms with Gasteiger partial charge in [-0.15, -0.1) is 5.10 Å². The molecule has 0 radical (unpaired) electrons. The molecule has 0 aliphatic heterocycles. The lowest BCUT2D eigenvalue weighted by Crippen LogP contribution is -2.43. The van der Waals surface area contributed by atoms with Crippen LogP contribution in [0.4, 0.5) is 0 Å². The van der Waals surface area contributed by atoms with E-state index in [9.17, 15) is 15.0 Å². The average Bonchev–Trinajstić information content (AvgIpc) is 3.33. The number of nitrogens with one attached hydrogen (secondary N) is 1. The Balaban J connectivity index is 1.39. The van der Waals surface area contributed by atoms with Crippen molar-refractivity contribution in [2.24, 2.45) is 5.92 Å². The van der Waals surface area contributed by atoms with Gasteiger partial charge in [0, 0.05) is 37.0 Å². The number of rotatable bonds is 5. The molecule has 4 atom stereocenters. The molecule has 2 aromatic rings. The first-order valence-corrected chi connectivity index (χ1v) is 8.45. The second-order valence-electron chi connectivity index (χ2n) is 6.79. The molecular formula is C16H20N6O3. The number of carbonyl (C=O) groups excluding carboxylic acids is 1. The highest BCUT2D eigenvalue weighted by molar-refractivity contribution is 5.92. The van der Waals surface area contributed by atoms with Crippen molar-refractivity contribution in [3.63, 3.8) is 0 Å². The summed E-state index contributed by atoms with van der Waals surface area (Å²) < 4.78 is 1.71. The standard InChI is InChI=1S/C16H20N6O3/c23-14-10(7-22-8-13(20-21-22)9-1-2-9)5-11(15(14)24)19-16(25)12-6-17-3-4-18-12/h3-4,6,8-11,14-15,23-24H,1-2,5,7H2,(H,19,25). The predicted molar refractivity (Wildman–Crippen MR) is 85.4 cm³/mol. The fourth-order valence-electron chi connectivity index (χ4n) is 3.32. The van der Waals surface area contributed by atoms with Crippen LogP contribution in [0.5, 0.6) is 0 Å². The van der Waals surface area contributed by atoms with Gasteiger partial charge in [0.05, 0.1) is 24.0 Å². The summed E-state index contributed by atoms with van der Waals surface area (Å²) >= 11 is 0. The topological polar surface area (TPSA) is 126 Å². The maximum absolute atomic E-state index is 12.2. The van der Waals surface area contributed by atoms with Crippen LogP contribution in [0.2, 0.25) is 0 Å². The van der Waals surface area contributed by atoms with Gasteiger partial charge in [-0.3, -0.25) is 14.5 Å². The molecule has 0 saturated heterocycles. The van der Waals surface area contributed by atoms with Crippen molar-refractivity contribution in [3.8, 4) is 0 Å². The number of aliphatic hydroxyl groups is 2. The van der Waals surface area contributed by atoms with Crippen LogP contribution in [-0.2, 0) is 6.54 Å². The zero-order chi connectivity index (χ0) is 17.4. The number of carbonyl (C=O) groups is 1. The maximum atomic E-state index is 12.2. The molecule has 3 N–H and O–H groups in total. The van der Waals surface area contributed by atoms with E-state index in [2.05, 4.69) is 25.6 Å². The number of aliphatic hydroxyl groups excluding tert-OH is 2. The van der Waals surface area contributed by atoms with Gasteiger partial charge in [-0.05, 0) is 19.3 Å². The summed E-state index contributed by atoms with van der Waals surface area (Å²) in [7, 11) is 0. The van der Waals surface area contributed by atoms with E-state index in [1.165, 1.54) is 18.6 Å². The average molecular weight is 344 g/mol. The molecule has 0 aromatic carbocycles. The fraction of sp³-hybridized carbons (Fsp3) is 0.562. The van der Waals surface area contributed by atoms with Gasteiger partial charge in [0.15, 0.2) is 0 Å². The molecule has 25 heavy (non-hydrogen) atoms. The van der Waals surface area contributed by atoms with Crippen LogP contribution in [-0.4, -0.2) is 59.3 Å². The Kier molecular flexibility index (Phi) is 4.18. The van der Waals surface area contributed by atoms with Crippen molar-refractivity contribution in [2.45, 2.75) is 50.0 Å². The Labute approximate surface area is 144 Å². The highest BCUT2D eigenvalue weighted by Gasteiger charge is 2.42. The van der Waals surface area contributed by atoms with E-state index in [4.69, 9.17) is 0 Å². The molecule has 2 aromatic heterocycles. The molecule has 2 fully saturated rings. The Morgan fingerprint density at radius 2 is 2.12 bits per heavy atom. The van der Waals surface area contributed by atoms with Crippen molar-refractivity contribution in [3.05, 3.63) is 36.2 Å². The number of nitrogens with zero attached hydrogens (tertiary/aromatic N) is 5. The van der Waals surface area contributed by atoms with Crippen LogP contribution in [0.25, 0.3) is 0 Å². The lowest BCUT2D eigenvalue weighted by Gasteiger charge is -2.17. The minimum atomic E-state index is -1.03. The van der Waals surface area contributed by atoms with Crippen molar-refractivity contribution in [1.82, 2.24) is 30.3 Å². The molecular weight excluding hydrogens is 324 g/mol. The van der Waals surface area contributed by atoms with Crippen molar-refractivity contribution in [2.75, 3.05) is 0 Å². The summed E-state index contributed by atoms with van der Waals surface area (Å²) in [4.78, 5) is 20.0. The van der Waals surface area contributed by atoms with Crippen LogP contribution in [0.15, 0.2) is 24.8 Å². The predicted octanol–water partition coefficient (Wildman–Crippen LogP) is -0.514. The van der Waals surface area contributed by atoms with Gasteiger partial charge in [0.2, 0.25) is 0 Å². The van der Waals surface area contributed by atoms with Crippen molar-refractivity contribution < 1.29 is 15.0 Å². The largest absolute Gasteiger partial charge is 0.390 e. The molecule has 1 amide bonds. The summed E-state index contributed by atoms with van der Waals surface area (Å²) in [6.07, 6.45) is 6.97. The van der Waals surface area contributed by atoms with Crippen LogP contribution >= 0.6 is 0 Å². The molecule has 4 rings (SSSR count). The van der Waals surface area contributed by atoms with Crippen molar-refractivity contribution >= 4 is 5.91 Å². The summed E-state index contributed by atoms with van der Waals surface area (Å²) in [6, 6.07) is -0.541. The van der Waals surface area contributed by atoms with Gasteiger partial charge in [-0.2, -0.15) is 0 Å². The van der Waals surface area contributed by atoms with Gasteiger partial charge < -0.3 is 15.5 Å². The Bertz CT molecular complexity index is 747. The van der Waals surface area contributed by atoms with E-state index in [0.29, 0.717) is 18.9 Å². The minimum Gasteiger partial charge on any atom is -0.390 e. The van der Waals surface area contributed by atoms with Crippen LogP contribution in [0.3, 0.4) is 0 Å². The van der Waals surface area contributed by atoms with E-state index in [1.54, 1.807) is 4.68 Å². The first-order valence-electron chi connectivity index (χ1n) is 8.45. The van der Waals surface area contributed by atoms with E-state index in [0.717, 1.165) is 18.5 Å². The molecule has 2 aliphatic rings. The number of aromatic nitrogens is 5. The van der Waals surface area contributed by atoms with Gasteiger partial charge >= 0.3 is 0 Å². The molecule has 4 unspecified atom stereocenters. The first kappa shape index (κ1) is 16.1. The van der Waals surface area contributed by atoms with Gasteiger partial charge in [0.1, 0.15) is 11.8 Å². The van der Waals surface area contributed by atoms with E-state index < -0.39 is 24.2 Å². The minimum absolute atomic E-state index is 0.179. The number of hydrogen-bond acceptors (Lipinski definition) is 7. The van der Waals surface area contributed by atoms with Crippen LogP contribution < -0.4 is 5.32 Å². The molecule has 9 heteroatoms. The summed E-state index contributed by atoms with van der Waals surface area (Å²) in [5.74, 6) is -0.107. The zero-order valence-corrected chi connectivity index (χ0v) is 13.6. The number of amides is 1. The third kappa shape index (κ3) is 3.38. The first-order chi connectivity index (χ1) is 12.1. The van der Waals surface area contributed by atoms with Gasteiger partial charge in [-0.25, -0.2) is 4.98 Å². The highest BCUT2D eigenvalue weighted by Crippen LogP contribution is 2.38. The third-order valence-electron chi connectivity index (χ3n) is 4.89. The number of hydrogen-bond donors (Lipinski definition) is 3. The van der Waals surface area contributed by atoms with Crippen LogP contribution in [0, 0.1) is 5.92 Å². The fourth-order valence-corrected chi connectivity index (χ4v) is 3.32. The summed E-state index contributed by atoms with van der Waals surface area (Å²) in [6.45, 7) is 0.454. The molecule has 132 valence electrons. The molecule has 2 aliphatic carbocycles. The SMILES string of the molecule is O=C(NC1CC(Cn2cc(C3CC3)nn2)C(O)C1O)c1cnccn1. The molecule has 2 heterocycles. The van der Waals surface area contributed by atoms with E-state index in [-0.39, 0.29) is 11.6 Å². The second kappa shape index (κ2) is 6.49. The Morgan fingerprint density at radius 3 is 2.84 bits per heavy atom. The van der Waals surface area contributed by atoms with Gasteiger partial charge in [0.25, 0.3) is 5.91 Å². The summed E-state index contributed by atoms with van der Waals surface area (Å²) in [5.41, 5.74) is 1.17. The van der Waals surface area contributed by atoms with Crippen molar-refractivity contribution in [1.29, 1.82) is 0 Å². The Hall–Kier alpha value is -2.39. The van der Waals surface area contributed by atoms with E-state index in [1.807, 2.05) is 6.20 Å². The molecule has 0 spiro atoms. The normalized spacial score (nSPS) is 28.9. The second-order valence-corrected chi connectivity index (χ2v) is 6.79. The molecule has 9 nitrogen and oxygen atoms in total. The lowest BCUT2D eigenvalue weighted by atomic mass is 10.1. The maximum Gasteiger partial charge on any atom is 0.271 e. The van der Waals surface area contributed by atoms with Gasteiger partial charge in [-0.1, -0.05) is 5.21 Å². The summed E-state index contributed by atoms with van der Waals surface area (Å²) in [5, 5.41) is 31.6. The Morgan fingerprint density at radius 1 is 1.28 bits per heavy atom. The molecule has 2 saturated carbocycles. The highest BCUT2D eigenvalue weighted by atomic mass is 16.3. The zero-order valence-electron chi connectivity index (χ0n) is 13.6. The smallest absolute Gasteiger partial charge is 0.271 e. The van der Waals surface area contributed by atoms with Crippen LogP contribution in [0.1, 0.15) is 41.4 Å². The quantitative estimate of drug-likeness (QED) is 0.666. The lowest BCUT2D eigenvalue weighted by molar-refractivity contribution is 0.00759. The third-order valence-corrected chi connectivity index (χ3v) is 4.89. The monoisotopic (exact) mass is 344 g/mol.